The summed E-state index contributed by atoms with van der Waals surface area (Å²) in [5, 5.41) is 4.66. The first-order valence-corrected chi connectivity index (χ1v) is 12.1. The quantitative estimate of drug-likeness (QED) is 0.545. The number of para-hydroxylation sites is 1. The second-order valence-electron chi connectivity index (χ2n) is 8.94. The molecule has 29 heavy (non-hydrogen) atoms. The van der Waals surface area contributed by atoms with Crippen LogP contribution in [0.3, 0.4) is 0 Å². The zero-order valence-corrected chi connectivity index (χ0v) is 17.6. The molecule has 5 rings (SSSR count). The summed E-state index contributed by atoms with van der Waals surface area (Å²) in [6.07, 6.45) is 10.6. The van der Waals surface area contributed by atoms with Gasteiger partial charge in [0.1, 0.15) is 0 Å². The van der Waals surface area contributed by atoms with Crippen molar-refractivity contribution in [2.75, 3.05) is 5.75 Å². The third-order valence-electron chi connectivity index (χ3n) is 6.64. The van der Waals surface area contributed by atoms with Crippen LogP contribution in [0.25, 0.3) is 10.9 Å². The number of carbonyl (C=O) groups is 1. The van der Waals surface area contributed by atoms with Crippen molar-refractivity contribution in [2.45, 2.75) is 75.0 Å². The Morgan fingerprint density at radius 3 is 2.45 bits per heavy atom. The van der Waals surface area contributed by atoms with E-state index < -0.39 is 0 Å². The SMILES string of the molecule is O=C(CSc1nc2ccccc2c(=O)n1C1CCCCC1)NC(C1CC1)C1CC1. The maximum absolute atomic E-state index is 13.3. The van der Waals surface area contributed by atoms with Gasteiger partial charge in [-0.3, -0.25) is 14.2 Å². The zero-order chi connectivity index (χ0) is 19.8. The Bertz CT molecular complexity index is 946. The number of benzene rings is 1. The normalized spacial score (nSPS) is 20.3. The molecule has 0 aliphatic heterocycles. The molecule has 1 heterocycles. The van der Waals surface area contributed by atoms with Crippen LogP contribution in [0, 0.1) is 11.8 Å². The van der Waals surface area contributed by atoms with Gasteiger partial charge in [0.15, 0.2) is 5.16 Å². The zero-order valence-electron chi connectivity index (χ0n) is 16.8. The molecule has 3 saturated carbocycles. The lowest BCUT2D eigenvalue weighted by molar-refractivity contribution is -0.119. The number of nitrogens with one attached hydrogen (secondary N) is 1. The van der Waals surface area contributed by atoms with Gasteiger partial charge in [0.2, 0.25) is 5.91 Å². The number of rotatable bonds is 7. The third-order valence-corrected chi connectivity index (χ3v) is 7.59. The van der Waals surface area contributed by atoms with E-state index in [-0.39, 0.29) is 17.5 Å². The van der Waals surface area contributed by atoms with Gasteiger partial charge in [-0.05, 0) is 62.5 Å². The molecule has 6 heteroatoms. The largest absolute Gasteiger partial charge is 0.352 e. The number of nitrogens with zero attached hydrogens (tertiary/aromatic N) is 2. The number of hydrogen-bond donors (Lipinski definition) is 1. The third kappa shape index (κ3) is 4.23. The molecule has 1 aromatic heterocycles. The van der Waals surface area contributed by atoms with Gasteiger partial charge in [0.05, 0.1) is 16.7 Å². The van der Waals surface area contributed by atoms with Crippen molar-refractivity contribution in [1.82, 2.24) is 14.9 Å². The maximum atomic E-state index is 13.3. The van der Waals surface area contributed by atoms with Gasteiger partial charge >= 0.3 is 0 Å². The van der Waals surface area contributed by atoms with Crippen molar-refractivity contribution in [3.05, 3.63) is 34.6 Å². The van der Waals surface area contributed by atoms with Crippen LogP contribution in [0.2, 0.25) is 0 Å². The summed E-state index contributed by atoms with van der Waals surface area (Å²) in [6.45, 7) is 0. The smallest absolute Gasteiger partial charge is 0.262 e. The molecule has 154 valence electrons. The first-order valence-electron chi connectivity index (χ1n) is 11.1. The standard InChI is InChI=1S/C23H29N3O2S/c27-20(25-21(15-10-11-15)16-12-13-16)14-29-23-24-19-9-5-4-8-18(19)22(28)26(23)17-6-2-1-3-7-17/h4-5,8-9,15-17,21H,1-3,6-7,10-14H2,(H,25,27). The number of thioether (sulfide) groups is 1. The van der Waals surface area contributed by atoms with Gasteiger partial charge in [-0.1, -0.05) is 43.2 Å². The minimum Gasteiger partial charge on any atom is -0.352 e. The van der Waals surface area contributed by atoms with Gasteiger partial charge in [-0.15, -0.1) is 0 Å². The first-order chi connectivity index (χ1) is 14.2. The second-order valence-corrected chi connectivity index (χ2v) is 9.88. The van der Waals surface area contributed by atoms with Gasteiger partial charge in [0.25, 0.3) is 5.56 Å². The Labute approximate surface area is 175 Å². The van der Waals surface area contributed by atoms with Crippen molar-refractivity contribution in [3.63, 3.8) is 0 Å². The van der Waals surface area contributed by atoms with Crippen LogP contribution in [0.4, 0.5) is 0 Å². The van der Waals surface area contributed by atoms with Gasteiger partial charge in [-0.2, -0.15) is 0 Å². The first kappa shape index (κ1) is 19.2. The van der Waals surface area contributed by atoms with Crippen LogP contribution in [0.5, 0.6) is 0 Å². The Morgan fingerprint density at radius 1 is 1.07 bits per heavy atom. The van der Waals surface area contributed by atoms with E-state index in [1.54, 1.807) is 0 Å². The number of fused-ring (bicyclic) bond motifs is 1. The molecule has 0 saturated heterocycles. The Balaban J connectivity index is 1.37. The van der Waals surface area contributed by atoms with Gasteiger partial charge in [-0.25, -0.2) is 4.98 Å². The predicted octanol–water partition coefficient (Wildman–Crippen LogP) is 4.30. The minimum absolute atomic E-state index is 0.0410. The van der Waals surface area contributed by atoms with Crippen molar-refractivity contribution in [1.29, 1.82) is 0 Å². The van der Waals surface area contributed by atoms with E-state index in [9.17, 15) is 9.59 Å². The summed E-state index contributed by atoms with van der Waals surface area (Å²) < 4.78 is 1.89. The van der Waals surface area contributed by atoms with Crippen LogP contribution < -0.4 is 10.9 Å². The van der Waals surface area contributed by atoms with Crippen molar-refractivity contribution in [3.8, 4) is 0 Å². The highest BCUT2D eigenvalue weighted by Crippen LogP contribution is 2.44. The highest BCUT2D eigenvalue weighted by molar-refractivity contribution is 7.99. The lowest BCUT2D eigenvalue weighted by Crippen LogP contribution is -2.39. The van der Waals surface area contributed by atoms with Crippen LogP contribution in [-0.4, -0.2) is 27.3 Å². The molecule has 5 nitrogen and oxygen atoms in total. The monoisotopic (exact) mass is 411 g/mol. The molecule has 2 aromatic rings. The Morgan fingerprint density at radius 2 is 1.76 bits per heavy atom. The Kier molecular flexibility index (Phi) is 5.37. The van der Waals surface area contributed by atoms with Crippen LogP contribution in [0.1, 0.15) is 63.8 Å². The second kappa shape index (κ2) is 8.13. The highest BCUT2D eigenvalue weighted by atomic mass is 32.2. The molecule has 3 aliphatic carbocycles. The van der Waals surface area contributed by atoms with Crippen LogP contribution in [-0.2, 0) is 4.79 Å². The predicted molar refractivity (Wildman–Crippen MR) is 116 cm³/mol. The summed E-state index contributed by atoms with van der Waals surface area (Å²) in [4.78, 5) is 30.8. The lowest BCUT2D eigenvalue weighted by Gasteiger charge is -2.26. The van der Waals surface area contributed by atoms with E-state index in [0.29, 0.717) is 34.2 Å². The van der Waals surface area contributed by atoms with E-state index in [1.807, 2.05) is 28.8 Å². The number of hydrogen-bond acceptors (Lipinski definition) is 4. The molecule has 0 spiro atoms. The fourth-order valence-electron chi connectivity index (χ4n) is 4.78. The summed E-state index contributed by atoms with van der Waals surface area (Å²) in [5.41, 5.74) is 0.764. The van der Waals surface area contributed by atoms with Gasteiger partial charge < -0.3 is 5.32 Å². The van der Waals surface area contributed by atoms with Crippen molar-refractivity contribution < 1.29 is 4.79 Å². The minimum atomic E-state index is 0.0410. The maximum Gasteiger partial charge on any atom is 0.262 e. The fourth-order valence-corrected chi connectivity index (χ4v) is 5.66. The molecule has 0 unspecified atom stereocenters. The molecule has 1 N–H and O–H groups in total. The molecular weight excluding hydrogens is 382 g/mol. The fraction of sp³-hybridized carbons (Fsp3) is 0.609. The molecule has 1 aromatic carbocycles. The summed E-state index contributed by atoms with van der Waals surface area (Å²) in [6, 6.07) is 8.13. The van der Waals surface area contributed by atoms with Crippen LogP contribution >= 0.6 is 11.8 Å². The number of aromatic nitrogens is 2. The van der Waals surface area contributed by atoms with Crippen molar-refractivity contribution in [2.24, 2.45) is 11.8 Å². The Hall–Kier alpha value is -1.82. The van der Waals surface area contributed by atoms with E-state index in [1.165, 1.54) is 43.9 Å². The molecule has 0 atom stereocenters. The van der Waals surface area contributed by atoms with Crippen LogP contribution in [0.15, 0.2) is 34.2 Å². The lowest BCUT2D eigenvalue weighted by atomic mass is 9.95. The summed E-state index contributed by atoms with van der Waals surface area (Å²) >= 11 is 1.42. The molecule has 1 amide bonds. The molecule has 3 aliphatic rings. The molecule has 0 radical (unpaired) electrons. The molecule has 3 fully saturated rings. The van der Waals surface area contributed by atoms with E-state index in [2.05, 4.69) is 5.32 Å². The molecular formula is C23H29N3O2S. The summed E-state index contributed by atoms with van der Waals surface area (Å²) in [5.74, 6) is 1.79. The van der Waals surface area contributed by atoms with E-state index >= 15 is 0 Å². The summed E-state index contributed by atoms with van der Waals surface area (Å²) in [7, 11) is 0. The number of amides is 1. The topological polar surface area (TPSA) is 64.0 Å². The highest BCUT2D eigenvalue weighted by Gasteiger charge is 2.42. The molecule has 0 bridgehead atoms. The average molecular weight is 412 g/mol. The average Bonchev–Trinajstić information content (AvgIpc) is 3.64. The van der Waals surface area contributed by atoms with E-state index in [4.69, 9.17) is 4.98 Å². The van der Waals surface area contributed by atoms with Gasteiger partial charge in [0, 0.05) is 12.1 Å². The number of carbonyl (C=O) groups excluding carboxylic acids is 1. The van der Waals surface area contributed by atoms with Crippen molar-refractivity contribution >= 4 is 28.6 Å². The van der Waals surface area contributed by atoms with E-state index in [0.717, 1.165) is 31.2 Å².